The zero-order valence-electron chi connectivity index (χ0n) is 9.80. The molecule has 1 aliphatic carbocycles. The number of carbonyl (C=O) groups is 1. The van der Waals surface area contributed by atoms with E-state index in [0.717, 1.165) is 12.0 Å². The summed E-state index contributed by atoms with van der Waals surface area (Å²) in [5, 5.41) is 0. The van der Waals surface area contributed by atoms with Crippen LogP contribution >= 0.6 is 0 Å². The van der Waals surface area contributed by atoms with Crippen molar-refractivity contribution >= 4 is 5.97 Å². The summed E-state index contributed by atoms with van der Waals surface area (Å²) in [4.78, 5) is 10.8. The molecule has 0 N–H and O–H groups in total. The standard InChI is InChI=1S/C12H15F3O2/c1-7(2)9-5-4-8(3)10(6-9)17-11(16)12(13,14)15/h4,9-10H,1,5-6H2,2-3H3/t9-,10+/m1/s1. The van der Waals surface area contributed by atoms with Crippen molar-refractivity contribution in [3.05, 3.63) is 23.8 Å². The van der Waals surface area contributed by atoms with Crippen molar-refractivity contribution in [2.75, 3.05) is 0 Å². The third-order valence-electron chi connectivity index (χ3n) is 2.91. The number of rotatable bonds is 2. The fraction of sp³-hybridized carbons (Fsp3) is 0.583. The van der Waals surface area contributed by atoms with Crippen LogP contribution in [0.15, 0.2) is 23.8 Å². The maximum atomic E-state index is 12.1. The number of hydrogen-bond acceptors (Lipinski definition) is 2. The smallest absolute Gasteiger partial charge is 0.451 e. The molecule has 96 valence electrons. The van der Waals surface area contributed by atoms with E-state index in [9.17, 15) is 18.0 Å². The molecule has 1 aliphatic rings. The van der Waals surface area contributed by atoms with Crippen LogP contribution in [0.25, 0.3) is 0 Å². The van der Waals surface area contributed by atoms with E-state index in [1.807, 2.05) is 6.92 Å². The zero-order valence-corrected chi connectivity index (χ0v) is 9.80. The molecule has 0 saturated heterocycles. The molecule has 0 fully saturated rings. The number of carbonyl (C=O) groups excluding carboxylic acids is 1. The maximum Gasteiger partial charge on any atom is 0.490 e. The minimum absolute atomic E-state index is 0.0738. The number of hydrogen-bond donors (Lipinski definition) is 0. The quantitative estimate of drug-likeness (QED) is 0.553. The van der Waals surface area contributed by atoms with Crippen molar-refractivity contribution in [1.29, 1.82) is 0 Å². The van der Waals surface area contributed by atoms with E-state index in [0.29, 0.717) is 12.0 Å². The van der Waals surface area contributed by atoms with E-state index < -0.39 is 18.2 Å². The van der Waals surface area contributed by atoms with Gasteiger partial charge in [0.1, 0.15) is 6.10 Å². The molecule has 0 aliphatic heterocycles. The van der Waals surface area contributed by atoms with E-state index in [1.165, 1.54) is 0 Å². The fourth-order valence-electron chi connectivity index (χ4n) is 1.74. The van der Waals surface area contributed by atoms with Crippen LogP contribution in [0.2, 0.25) is 0 Å². The highest BCUT2D eigenvalue weighted by atomic mass is 19.4. The summed E-state index contributed by atoms with van der Waals surface area (Å²) in [6.07, 6.45) is -2.81. The van der Waals surface area contributed by atoms with Crippen molar-refractivity contribution < 1.29 is 22.7 Å². The number of ether oxygens (including phenoxy) is 1. The molecule has 0 radical (unpaired) electrons. The Bertz CT molecular complexity index is 355. The van der Waals surface area contributed by atoms with E-state index in [2.05, 4.69) is 11.3 Å². The van der Waals surface area contributed by atoms with E-state index >= 15 is 0 Å². The molecule has 1 rings (SSSR count). The van der Waals surface area contributed by atoms with Crippen molar-refractivity contribution in [2.24, 2.45) is 5.92 Å². The first kappa shape index (κ1) is 13.8. The Hall–Kier alpha value is -1.26. The van der Waals surface area contributed by atoms with Gasteiger partial charge in [0.25, 0.3) is 0 Å². The van der Waals surface area contributed by atoms with Crippen LogP contribution in [-0.2, 0) is 9.53 Å². The largest absolute Gasteiger partial charge is 0.490 e. The summed E-state index contributed by atoms with van der Waals surface area (Å²) in [7, 11) is 0. The van der Waals surface area contributed by atoms with Gasteiger partial charge in [-0.1, -0.05) is 18.2 Å². The highest BCUT2D eigenvalue weighted by Crippen LogP contribution is 2.31. The average Bonchev–Trinajstić information content (AvgIpc) is 2.19. The molecular weight excluding hydrogens is 233 g/mol. The predicted octanol–water partition coefficient (Wildman–Crippen LogP) is 3.39. The second-order valence-corrected chi connectivity index (χ2v) is 4.35. The molecule has 17 heavy (non-hydrogen) atoms. The van der Waals surface area contributed by atoms with E-state index in [1.54, 1.807) is 13.0 Å². The highest BCUT2D eigenvalue weighted by Gasteiger charge is 2.43. The number of esters is 1. The Morgan fingerprint density at radius 2 is 2.12 bits per heavy atom. The van der Waals surface area contributed by atoms with E-state index in [-0.39, 0.29) is 5.92 Å². The van der Waals surface area contributed by atoms with Gasteiger partial charge in [-0.2, -0.15) is 13.2 Å². The van der Waals surface area contributed by atoms with Gasteiger partial charge in [-0.05, 0) is 38.2 Å². The first-order valence-electron chi connectivity index (χ1n) is 5.31. The second kappa shape index (κ2) is 4.94. The average molecular weight is 248 g/mol. The molecule has 5 heteroatoms. The minimum Gasteiger partial charge on any atom is -0.451 e. The molecule has 0 bridgehead atoms. The van der Waals surface area contributed by atoms with Gasteiger partial charge in [0, 0.05) is 0 Å². The van der Waals surface area contributed by atoms with Gasteiger partial charge in [-0.3, -0.25) is 0 Å². The Morgan fingerprint density at radius 1 is 1.53 bits per heavy atom. The Kier molecular flexibility index (Phi) is 4.01. The number of alkyl halides is 3. The molecule has 2 nitrogen and oxygen atoms in total. The molecule has 0 saturated carbocycles. The number of allylic oxidation sites excluding steroid dienone is 2. The summed E-state index contributed by atoms with van der Waals surface area (Å²) >= 11 is 0. The summed E-state index contributed by atoms with van der Waals surface area (Å²) in [5.41, 5.74) is 1.56. The van der Waals surface area contributed by atoms with Gasteiger partial charge in [-0.15, -0.1) is 0 Å². The molecule has 0 heterocycles. The topological polar surface area (TPSA) is 26.3 Å². The lowest BCUT2D eigenvalue weighted by Crippen LogP contribution is -2.33. The predicted molar refractivity (Wildman–Crippen MR) is 57.2 cm³/mol. The highest BCUT2D eigenvalue weighted by molar-refractivity contribution is 5.76. The molecule has 0 amide bonds. The second-order valence-electron chi connectivity index (χ2n) is 4.35. The first-order valence-corrected chi connectivity index (χ1v) is 5.31. The van der Waals surface area contributed by atoms with Gasteiger partial charge >= 0.3 is 12.1 Å². The molecule has 0 aromatic carbocycles. The van der Waals surface area contributed by atoms with Gasteiger partial charge in [0.05, 0.1) is 0 Å². The van der Waals surface area contributed by atoms with Crippen LogP contribution in [0.5, 0.6) is 0 Å². The lowest BCUT2D eigenvalue weighted by atomic mass is 9.84. The van der Waals surface area contributed by atoms with Crippen molar-refractivity contribution in [3.8, 4) is 0 Å². The van der Waals surface area contributed by atoms with Gasteiger partial charge in [0.15, 0.2) is 0 Å². The number of halogens is 3. The van der Waals surface area contributed by atoms with Crippen molar-refractivity contribution in [3.63, 3.8) is 0 Å². The van der Waals surface area contributed by atoms with Crippen LogP contribution in [0.3, 0.4) is 0 Å². The Labute approximate surface area is 98.1 Å². The first-order chi connectivity index (χ1) is 7.71. The summed E-state index contributed by atoms with van der Waals surface area (Å²) < 4.78 is 40.7. The Morgan fingerprint density at radius 3 is 2.59 bits per heavy atom. The molecule has 0 spiro atoms. The minimum atomic E-state index is -4.93. The van der Waals surface area contributed by atoms with Crippen molar-refractivity contribution in [2.45, 2.75) is 39.0 Å². The summed E-state index contributed by atoms with van der Waals surface area (Å²) in [5.74, 6) is -2.05. The van der Waals surface area contributed by atoms with Gasteiger partial charge in [0.2, 0.25) is 0 Å². The zero-order chi connectivity index (χ0) is 13.2. The third kappa shape index (κ3) is 3.61. The Balaban J connectivity index is 2.71. The lowest BCUT2D eigenvalue weighted by molar-refractivity contribution is -0.204. The monoisotopic (exact) mass is 248 g/mol. The normalized spacial score (nSPS) is 25.1. The van der Waals surface area contributed by atoms with Crippen LogP contribution < -0.4 is 0 Å². The molecule has 2 atom stereocenters. The summed E-state index contributed by atoms with van der Waals surface area (Å²) in [6.45, 7) is 7.27. The molecule has 0 aromatic heterocycles. The van der Waals surface area contributed by atoms with E-state index in [4.69, 9.17) is 0 Å². The third-order valence-corrected chi connectivity index (χ3v) is 2.91. The van der Waals surface area contributed by atoms with Crippen LogP contribution in [0.1, 0.15) is 26.7 Å². The van der Waals surface area contributed by atoms with Gasteiger partial charge in [-0.25, -0.2) is 4.79 Å². The SMILES string of the molecule is C=C(C)[C@@H]1CC=C(C)[C@@H](OC(=O)C(F)(F)F)C1. The van der Waals surface area contributed by atoms with Crippen LogP contribution in [-0.4, -0.2) is 18.2 Å². The summed E-state index contributed by atoms with van der Waals surface area (Å²) in [6, 6.07) is 0. The maximum absolute atomic E-state index is 12.1. The fourth-order valence-corrected chi connectivity index (χ4v) is 1.74. The van der Waals surface area contributed by atoms with Crippen LogP contribution in [0, 0.1) is 5.92 Å². The molecule has 0 unspecified atom stereocenters. The van der Waals surface area contributed by atoms with Crippen LogP contribution in [0.4, 0.5) is 13.2 Å². The molecule has 0 aromatic rings. The molecular formula is C12H15F3O2. The van der Waals surface area contributed by atoms with Gasteiger partial charge < -0.3 is 4.74 Å². The van der Waals surface area contributed by atoms with Crippen molar-refractivity contribution in [1.82, 2.24) is 0 Å². The lowest BCUT2D eigenvalue weighted by Gasteiger charge is -2.28.